The lowest BCUT2D eigenvalue weighted by molar-refractivity contribution is 0.585. The quantitative estimate of drug-likeness (QED) is 0.886. The summed E-state index contributed by atoms with van der Waals surface area (Å²) in [5.41, 5.74) is -0.135. The summed E-state index contributed by atoms with van der Waals surface area (Å²) in [6, 6.07) is 5.42. The SMILES string of the molecule is CC(C)(C#N)c1ncc(-c2ccc(F)cc2F)[nH]1. The number of hydrogen-bond donors (Lipinski definition) is 1. The Morgan fingerprint density at radius 2 is 2.06 bits per heavy atom. The number of nitrogens with one attached hydrogen (secondary N) is 1. The first-order chi connectivity index (χ1) is 8.44. The smallest absolute Gasteiger partial charge is 0.135 e. The van der Waals surface area contributed by atoms with E-state index in [4.69, 9.17) is 5.26 Å². The fraction of sp³-hybridized carbons (Fsp3) is 0.231. The normalized spacial score (nSPS) is 11.3. The molecule has 1 aromatic heterocycles. The van der Waals surface area contributed by atoms with Gasteiger partial charge in [0.15, 0.2) is 0 Å². The Balaban J connectivity index is 2.45. The summed E-state index contributed by atoms with van der Waals surface area (Å²) in [7, 11) is 0. The van der Waals surface area contributed by atoms with Gasteiger partial charge in [0.25, 0.3) is 0 Å². The summed E-state index contributed by atoms with van der Waals surface area (Å²) >= 11 is 0. The van der Waals surface area contributed by atoms with E-state index in [1.807, 2.05) is 0 Å². The predicted octanol–water partition coefficient (Wildman–Crippen LogP) is 3.16. The van der Waals surface area contributed by atoms with Gasteiger partial charge in [-0.05, 0) is 26.0 Å². The number of rotatable bonds is 2. The summed E-state index contributed by atoms with van der Waals surface area (Å²) in [6.45, 7) is 3.41. The van der Waals surface area contributed by atoms with Crippen LogP contribution in [-0.4, -0.2) is 9.97 Å². The minimum Gasteiger partial charge on any atom is -0.341 e. The fourth-order valence-electron chi connectivity index (χ4n) is 1.54. The van der Waals surface area contributed by atoms with Crippen LogP contribution in [0.5, 0.6) is 0 Å². The number of aromatic nitrogens is 2. The number of hydrogen-bond acceptors (Lipinski definition) is 2. The molecule has 1 aromatic carbocycles. The maximum absolute atomic E-state index is 13.6. The zero-order chi connectivity index (χ0) is 13.3. The highest BCUT2D eigenvalue weighted by Crippen LogP contribution is 2.25. The van der Waals surface area contributed by atoms with Crippen LogP contribution in [0.4, 0.5) is 8.78 Å². The van der Waals surface area contributed by atoms with Gasteiger partial charge in [-0.15, -0.1) is 0 Å². The minimum absolute atomic E-state index is 0.226. The molecule has 0 atom stereocenters. The van der Waals surface area contributed by atoms with E-state index in [0.29, 0.717) is 11.5 Å². The molecule has 0 amide bonds. The Morgan fingerprint density at radius 3 is 2.67 bits per heavy atom. The monoisotopic (exact) mass is 247 g/mol. The van der Waals surface area contributed by atoms with E-state index in [-0.39, 0.29) is 5.56 Å². The van der Waals surface area contributed by atoms with Crippen LogP contribution in [0.2, 0.25) is 0 Å². The summed E-state index contributed by atoms with van der Waals surface area (Å²) in [5, 5.41) is 8.98. The number of imidazole rings is 1. The summed E-state index contributed by atoms with van der Waals surface area (Å²) in [4.78, 5) is 6.95. The highest BCUT2D eigenvalue weighted by Gasteiger charge is 2.24. The number of nitriles is 1. The van der Waals surface area contributed by atoms with E-state index in [0.717, 1.165) is 6.07 Å². The van der Waals surface area contributed by atoms with Crippen LogP contribution >= 0.6 is 0 Å². The maximum Gasteiger partial charge on any atom is 0.135 e. The van der Waals surface area contributed by atoms with Crippen molar-refractivity contribution in [2.75, 3.05) is 0 Å². The van der Waals surface area contributed by atoms with Crippen LogP contribution in [0, 0.1) is 23.0 Å². The van der Waals surface area contributed by atoms with Gasteiger partial charge in [-0.2, -0.15) is 5.26 Å². The lowest BCUT2D eigenvalue weighted by atomic mass is 9.95. The molecular weight excluding hydrogens is 236 g/mol. The molecule has 0 spiro atoms. The Hall–Kier alpha value is -2.22. The molecule has 0 fully saturated rings. The van der Waals surface area contributed by atoms with Crippen molar-refractivity contribution in [1.29, 1.82) is 5.26 Å². The molecule has 2 aromatic rings. The lowest BCUT2D eigenvalue weighted by Gasteiger charge is -2.10. The molecule has 0 saturated carbocycles. The van der Waals surface area contributed by atoms with Crippen molar-refractivity contribution >= 4 is 0 Å². The molecule has 5 heteroatoms. The molecule has 0 bridgehead atoms. The Morgan fingerprint density at radius 1 is 1.33 bits per heavy atom. The van der Waals surface area contributed by atoms with E-state index in [1.165, 1.54) is 18.3 Å². The van der Waals surface area contributed by atoms with Crippen LogP contribution < -0.4 is 0 Å². The number of benzene rings is 1. The summed E-state index contributed by atoms with van der Waals surface area (Å²) in [6.07, 6.45) is 1.44. The third-order valence-electron chi connectivity index (χ3n) is 2.67. The maximum atomic E-state index is 13.6. The second-order valence-electron chi connectivity index (χ2n) is 4.51. The van der Waals surface area contributed by atoms with E-state index in [2.05, 4.69) is 16.0 Å². The molecule has 18 heavy (non-hydrogen) atoms. The Labute approximate surface area is 103 Å². The Kier molecular flexibility index (Phi) is 2.87. The minimum atomic E-state index is -0.783. The second kappa shape index (κ2) is 4.22. The first kappa shape index (κ1) is 12.2. The van der Waals surface area contributed by atoms with Crippen molar-refractivity contribution in [3.63, 3.8) is 0 Å². The molecule has 92 valence electrons. The molecule has 1 heterocycles. The molecule has 0 aliphatic carbocycles. The molecule has 3 nitrogen and oxygen atoms in total. The van der Waals surface area contributed by atoms with Gasteiger partial charge in [0.1, 0.15) is 22.9 Å². The molecule has 0 saturated heterocycles. The van der Waals surface area contributed by atoms with Gasteiger partial charge in [-0.1, -0.05) is 0 Å². The molecule has 0 aliphatic heterocycles. The van der Waals surface area contributed by atoms with Crippen LogP contribution in [0.25, 0.3) is 11.3 Å². The van der Waals surface area contributed by atoms with Gasteiger partial charge < -0.3 is 4.98 Å². The van der Waals surface area contributed by atoms with E-state index in [1.54, 1.807) is 13.8 Å². The van der Waals surface area contributed by atoms with Crippen molar-refractivity contribution in [3.05, 3.63) is 41.9 Å². The topological polar surface area (TPSA) is 52.5 Å². The predicted molar refractivity (Wildman–Crippen MR) is 62.6 cm³/mol. The van der Waals surface area contributed by atoms with Gasteiger partial charge in [-0.3, -0.25) is 0 Å². The van der Waals surface area contributed by atoms with Gasteiger partial charge in [0, 0.05) is 11.6 Å². The molecule has 2 rings (SSSR count). The number of halogens is 2. The number of H-pyrrole nitrogens is 1. The third kappa shape index (κ3) is 2.09. The van der Waals surface area contributed by atoms with Gasteiger partial charge in [0.2, 0.25) is 0 Å². The van der Waals surface area contributed by atoms with Crippen molar-refractivity contribution in [2.45, 2.75) is 19.3 Å². The molecule has 0 radical (unpaired) electrons. The summed E-state index contributed by atoms with van der Waals surface area (Å²) in [5.74, 6) is -0.850. The van der Waals surface area contributed by atoms with Crippen molar-refractivity contribution in [2.24, 2.45) is 0 Å². The molecule has 0 unspecified atom stereocenters. The molecular formula is C13H11F2N3. The van der Waals surface area contributed by atoms with Crippen molar-refractivity contribution in [3.8, 4) is 17.3 Å². The molecule has 1 N–H and O–H groups in total. The highest BCUT2D eigenvalue weighted by molar-refractivity contribution is 5.59. The fourth-order valence-corrected chi connectivity index (χ4v) is 1.54. The first-order valence-corrected chi connectivity index (χ1v) is 5.36. The van der Waals surface area contributed by atoms with Crippen molar-refractivity contribution in [1.82, 2.24) is 9.97 Å². The van der Waals surface area contributed by atoms with E-state index in [9.17, 15) is 8.78 Å². The van der Waals surface area contributed by atoms with Crippen LogP contribution in [0.3, 0.4) is 0 Å². The van der Waals surface area contributed by atoms with Crippen LogP contribution in [0.15, 0.2) is 24.4 Å². The zero-order valence-corrected chi connectivity index (χ0v) is 9.96. The van der Waals surface area contributed by atoms with Gasteiger partial charge in [0.05, 0.1) is 18.0 Å². The Bertz CT molecular complexity index is 623. The second-order valence-corrected chi connectivity index (χ2v) is 4.51. The average molecular weight is 247 g/mol. The van der Waals surface area contributed by atoms with E-state index >= 15 is 0 Å². The number of nitrogens with zero attached hydrogens (tertiary/aromatic N) is 2. The van der Waals surface area contributed by atoms with Crippen LogP contribution in [-0.2, 0) is 5.41 Å². The van der Waals surface area contributed by atoms with Gasteiger partial charge >= 0.3 is 0 Å². The summed E-state index contributed by atoms with van der Waals surface area (Å²) < 4.78 is 26.4. The largest absolute Gasteiger partial charge is 0.341 e. The number of aromatic amines is 1. The van der Waals surface area contributed by atoms with Crippen LogP contribution in [0.1, 0.15) is 19.7 Å². The van der Waals surface area contributed by atoms with Crippen molar-refractivity contribution < 1.29 is 8.78 Å². The first-order valence-electron chi connectivity index (χ1n) is 5.36. The van der Waals surface area contributed by atoms with Gasteiger partial charge in [-0.25, -0.2) is 13.8 Å². The van der Waals surface area contributed by atoms with E-state index < -0.39 is 17.0 Å². The standard InChI is InChI=1S/C13H11F2N3/c1-13(2,7-16)12-17-6-11(18-12)9-4-3-8(14)5-10(9)15/h3-6H,1-2H3,(H,17,18). The average Bonchev–Trinajstić information content (AvgIpc) is 2.79. The lowest BCUT2D eigenvalue weighted by Crippen LogP contribution is -2.15. The third-order valence-corrected chi connectivity index (χ3v) is 2.67. The highest BCUT2D eigenvalue weighted by atomic mass is 19.1. The molecule has 0 aliphatic rings. The zero-order valence-electron chi connectivity index (χ0n) is 9.96.